The summed E-state index contributed by atoms with van der Waals surface area (Å²) in [5.74, 6) is -2.16. The van der Waals surface area contributed by atoms with Gasteiger partial charge in [0.15, 0.2) is 0 Å². The Labute approximate surface area is 131 Å². The van der Waals surface area contributed by atoms with Gasteiger partial charge < -0.3 is 15.4 Å². The molecule has 2 amide bonds. The number of hydrogen-bond acceptors (Lipinski definition) is 4. The van der Waals surface area contributed by atoms with Crippen molar-refractivity contribution in [1.29, 1.82) is 0 Å². The van der Waals surface area contributed by atoms with Crippen molar-refractivity contribution in [2.24, 2.45) is 0 Å². The van der Waals surface area contributed by atoms with Crippen LogP contribution < -0.4 is 10.6 Å². The van der Waals surface area contributed by atoms with Crippen molar-refractivity contribution < 1.29 is 19.1 Å². The van der Waals surface area contributed by atoms with Crippen molar-refractivity contribution >= 4 is 52.4 Å². The maximum atomic E-state index is 11.9. The molecule has 114 valence electrons. The van der Waals surface area contributed by atoms with Crippen LogP contribution in [0.2, 0.25) is 0 Å². The van der Waals surface area contributed by atoms with E-state index in [1.807, 2.05) is 0 Å². The molecule has 0 saturated carbocycles. The topological polar surface area (TPSA) is 84.5 Å². The molecule has 0 aliphatic heterocycles. The second-order valence-corrected chi connectivity index (χ2v) is 4.35. The smallest absolute Gasteiger partial charge is 0.340 e. The van der Waals surface area contributed by atoms with Gasteiger partial charge in [0, 0.05) is 0 Å². The third kappa shape index (κ3) is 4.91. The summed E-state index contributed by atoms with van der Waals surface area (Å²) in [5, 5.41) is 4.96. The Morgan fingerprint density at radius 1 is 1.10 bits per heavy atom. The third-order valence-electron chi connectivity index (χ3n) is 2.34. The number of alkyl halides is 2. The summed E-state index contributed by atoms with van der Waals surface area (Å²) in [6.07, 6.45) is 0. The minimum absolute atomic E-state index is 0.114. The van der Waals surface area contributed by atoms with Gasteiger partial charge in [-0.1, -0.05) is 6.07 Å². The summed E-state index contributed by atoms with van der Waals surface area (Å²) in [7, 11) is 0. The van der Waals surface area contributed by atoms with E-state index in [-0.39, 0.29) is 35.3 Å². The molecule has 0 atom stereocenters. The molecule has 6 nitrogen and oxygen atoms in total. The van der Waals surface area contributed by atoms with E-state index < -0.39 is 17.8 Å². The van der Waals surface area contributed by atoms with Crippen molar-refractivity contribution in [1.82, 2.24) is 0 Å². The Bertz CT molecular complexity index is 549. The minimum Gasteiger partial charge on any atom is -0.462 e. The van der Waals surface area contributed by atoms with Crippen molar-refractivity contribution in [3.63, 3.8) is 0 Å². The van der Waals surface area contributed by atoms with Crippen LogP contribution in [-0.2, 0) is 14.3 Å². The molecule has 0 fully saturated rings. The van der Waals surface area contributed by atoms with Crippen LogP contribution in [0.4, 0.5) is 11.4 Å². The Morgan fingerprint density at radius 3 is 2.29 bits per heavy atom. The molecule has 0 radical (unpaired) electrons. The van der Waals surface area contributed by atoms with Gasteiger partial charge in [0.25, 0.3) is 0 Å². The first-order chi connectivity index (χ1) is 10.0. The lowest BCUT2D eigenvalue weighted by molar-refractivity contribution is -0.114. The van der Waals surface area contributed by atoms with E-state index in [9.17, 15) is 14.4 Å². The molecule has 0 heterocycles. The SMILES string of the molecule is CCOC(=O)c1cccc(NC(=O)CCl)c1NC(=O)CCl. The van der Waals surface area contributed by atoms with Crippen molar-refractivity contribution in [3.8, 4) is 0 Å². The van der Waals surface area contributed by atoms with Crippen molar-refractivity contribution in [2.45, 2.75) is 6.92 Å². The largest absolute Gasteiger partial charge is 0.462 e. The molecule has 21 heavy (non-hydrogen) atoms. The van der Waals surface area contributed by atoms with Gasteiger partial charge in [0.2, 0.25) is 11.8 Å². The van der Waals surface area contributed by atoms with Crippen LogP contribution in [0, 0.1) is 0 Å². The second-order valence-electron chi connectivity index (χ2n) is 3.81. The Kier molecular flexibility index (Phi) is 6.98. The number of benzene rings is 1. The van der Waals surface area contributed by atoms with Gasteiger partial charge in [-0.15, -0.1) is 23.2 Å². The molecule has 0 saturated heterocycles. The van der Waals surface area contributed by atoms with E-state index >= 15 is 0 Å². The average Bonchev–Trinajstić information content (AvgIpc) is 2.48. The van der Waals surface area contributed by atoms with Crippen LogP contribution in [-0.4, -0.2) is 36.2 Å². The van der Waals surface area contributed by atoms with E-state index in [0.717, 1.165) is 0 Å². The summed E-state index contributed by atoms with van der Waals surface area (Å²) in [6, 6.07) is 4.54. The Balaban J connectivity index is 3.22. The number of carbonyl (C=O) groups is 3. The monoisotopic (exact) mass is 332 g/mol. The lowest BCUT2D eigenvalue weighted by Gasteiger charge is -2.15. The van der Waals surface area contributed by atoms with Gasteiger partial charge >= 0.3 is 5.97 Å². The highest BCUT2D eigenvalue weighted by atomic mass is 35.5. The van der Waals surface area contributed by atoms with E-state index in [1.54, 1.807) is 13.0 Å². The first-order valence-corrected chi connectivity index (χ1v) is 7.12. The fourth-order valence-corrected chi connectivity index (χ4v) is 1.66. The quantitative estimate of drug-likeness (QED) is 0.617. The molecule has 2 N–H and O–H groups in total. The van der Waals surface area contributed by atoms with Gasteiger partial charge in [-0.3, -0.25) is 9.59 Å². The number of para-hydroxylation sites is 1. The van der Waals surface area contributed by atoms with Gasteiger partial charge in [-0.2, -0.15) is 0 Å². The van der Waals surface area contributed by atoms with E-state index in [4.69, 9.17) is 27.9 Å². The second kappa shape index (κ2) is 8.49. The maximum absolute atomic E-state index is 11.9. The number of halogens is 2. The maximum Gasteiger partial charge on any atom is 0.340 e. The van der Waals surface area contributed by atoms with Gasteiger partial charge in [0.1, 0.15) is 11.8 Å². The summed E-state index contributed by atoms with van der Waals surface area (Å²) in [6.45, 7) is 1.84. The van der Waals surface area contributed by atoms with Crippen molar-refractivity contribution in [2.75, 3.05) is 29.0 Å². The highest BCUT2D eigenvalue weighted by molar-refractivity contribution is 6.30. The predicted octanol–water partition coefficient (Wildman–Crippen LogP) is 2.22. The van der Waals surface area contributed by atoms with E-state index in [2.05, 4.69) is 10.6 Å². The van der Waals surface area contributed by atoms with Gasteiger partial charge in [0.05, 0.1) is 23.5 Å². The number of esters is 1. The summed E-state index contributed by atoms with van der Waals surface area (Å²) in [4.78, 5) is 34.8. The predicted molar refractivity (Wildman–Crippen MR) is 81.1 cm³/mol. The number of anilines is 2. The standard InChI is InChI=1S/C13H14Cl2N2O4/c1-2-21-13(20)8-4-3-5-9(16-10(18)6-14)12(8)17-11(19)7-15/h3-5H,2,6-7H2,1H3,(H,16,18)(H,17,19). The molecular formula is C13H14Cl2N2O4. The fourth-order valence-electron chi connectivity index (χ4n) is 1.53. The number of hydrogen-bond donors (Lipinski definition) is 2. The molecular weight excluding hydrogens is 319 g/mol. The third-order valence-corrected chi connectivity index (χ3v) is 2.83. The molecule has 0 aliphatic carbocycles. The molecule has 0 unspecified atom stereocenters. The molecule has 1 rings (SSSR count). The number of rotatable bonds is 6. The average molecular weight is 333 g/mol. The molecule has 1 aromatic rings. The van der Waals surface area contributed by atoms with E-state index in [0.29, 0.717) is 0 Å². The van der Waals surface area contributed by atoms with Gasteiger partial charge in [-0.25, -0.2) is 4.79 Å². The highest BCUT2D eigenvalue weighted by Gasteiger charge is 2.18. The molecule has 8 heteroatoms. The van der Waals surface area contributed by atoms with Crippen LogP contribution in [0.5, 0.6) is 0 Å². The number of amides is 2. The first kappa shape index (κ1) is 17.3. The number of ether oxygens (including phenoxy) is 1. The summed E-state index contributed by atoms with van der Waals surface area (Å²) in [5.41, 5.74) is 0.479. The van der Waals surface area contributed by atoms with E-state index in [1.165, 1.54) is 12.1 Å². The fraction of sp³-hybridized carbons (Fsp3) is 0.308. The molecule has 0 bridgehead atoms. The summed E-state index contributed by atoms with van der Waals surface area (Å²) >= 11 is 10.9. The van der Waals surface area contributed by atoms with Crippen LogP contribution in [0.3, 0.4) is 0 Å². The molecule has 0 aromatic heterocycles. The zero-order valence-electron chi connectivity index (χ0n) is 11.2. The summed E-state index contributed by atoms with van der Waals surface area (Å²) < 4.78 is 4.91. The normalized spacial score (nSPS) is 9.86. The van der Waals surface area contributed by atoms with Crippen molar-refractivity contribution in [3.05, 3.63) is 23.8 Å². The van der Waals surface area contributed by atoms with Gasteiger partial charge in [-0.05, 0) is 19.1 Å². The minimum atomic E-state index is -0.621. The van der Waals surface area contributed by atoms with Crippen LogP contribution in [0.1, 0.15) is 17.3 Å². The molecule has 0 spiro atoms. The number of nitrogens with one attached hydrogen (secondary N) is 2. The first-order valence-electron chi connectivity index (χ1n) is 6.05. The Hall–Kier alpha value is -1.79. The number of carbonyl (C=O) groups excluding carboxylic acids is 3. The van der Waals surface area contributed by atoms with Crippen LogP contribution in [0.15, 0.2) is 18.2 Å². The van der Waals surface area contributed by atoms with Crippen LogP contribution in [0.25, 0.3) is 0 Å². The molecule has 1 aromatic carbocycles. The zero-order valence-corrected chi connectivity index (χ0v) is 12.8. The van der Waals surface area contributed by atoms with Crippen LogP contribution >= 0.6 is 23.2 Å². The molecule has 0 aliphatic rings. The lowest BCUT2D eigenvalue weighted by atomic mass is 10.1. The lowest BCUT2D eigenvalue weighted by Crippen LogP contribution is -2.20. The zero-order chi connectivity index (χ0) is 15.8. The Morgan fingerprint density at radius 2 is 1.71 bits per heavy atom. The highest BCUT2D eigenvalue weighted by Crippen LogP contribution is 2.27.